The summed E-state index contributed by atoms with van der Waals surface area (Å²) in [6, 6.07) is 0.713. The van der Waals surface area contributed by atoms with Crippen molar-refractivity contribution in [2.45, 2.75) is 57.2 Å². The second-order valence-corrected chi connectivity index (χ2v) is 7.47. The van der Waals surface area contributed by atoms with Crippen molar-refractivity contribution in [2.75, 3.05) is 24.7 Å². The molecule has 0 aromatic carbocycles. The van der Waals surface area contributed by atoms with Crippen LogP contribution in [0.15, 0.2) is 0 Å². The number of ether oxygens (including phenoxy) is 1. The fourth-order valence-electron chi connectivity index (χ4n) is 3.87. The van der Waals surface area contributed by atoms with E-state index >= 15 is 0 Å². The topological polar surface area (TPSA) is 50.4 Å². The molecule has 4 nitrogen and oxygen atoms in total. The third-order valence-electron chi connectivity index (χ3n) is 5.20. The van der Waals surface area contributed by atoms with Crippen LogP contribution in [-0.2, 0) is 9.53 Å². The van der Waals surface area contributed by atoms with E-state index in [-0.39, 0.29) is 11.3 Å². The van der Waals surface area contributed by atoms with Gasteiger partial charge >= 0.3 is 0 Å². The van der Waals surface area contributed by atoms with Gasteiger partial charge in [-0.1, -0.05) is 6.42 Å². The lowest BCUT2D eigenvalue weighted by Crippen LogP contribution is -2.67. The van der Waals surface area contributed by atoms with Crippen molar-refractivity contribution in [1.29, 1.82) is 0 Å². The van der Waals surface area contributed by atoms with Crippen molar-refractivity contribution < 1.29 is 9.53 Å². The van der Waals surface area contributed by atoms with E-state index in [0.29, 0.717) is 24.6 Å². The highest BCUT2D eigenvalue weighted by Gasteiger charge is 2.59. The molecule has 1 saturated heterocycles. The van der Waals surface area contributed by atoms with Crippen molar-refractivity contribution in [1.82, 2.24) is 10.6 Å². The third-order valence-corrected chi connectivity index (χ3v) is 6.33. The van der Waals surface area contributed by atoms with Crippen LogP contribution < -0.4 is 10.6 Å². The second-order valence-electron chi connectivity index (χ2n) is 6.32. The molecule has 3 atom stereocenters. The Morgan fingerprint density at radius 1 is 1.50 bits per heavy atom. The summed E-state index contributed by atoms with van der Waals surface area (Å²) >= 11 is 1.94. The van der Waals surface area contributed by atoms with E-state index in [1.165, 1.54) is 25.0 Å². The summed E-state index contributed by atoms with van der Waals surface area (Å²) in [6.45, 7) is 3.88. The fraction of sp³-hybridized carbons (Fsp3) is 0.933. The first kappa shape index (κ1) is 14.7. The van der Waals surface area contributed by atoms with Crippen LogP contribution in [-0.4, -0.2) is 48.8 Å². The highest BCUT2D eigenvalue weighted by Crippen LogP contribution is 2.57. The van der Waals surface area contributed by atoms with Gasteiger partial charge in [0.2, 0.25) is 5.91 Å². The molecule has 3 unspecified atom stereocenters. The molecule has 3 fully saturated rings. The van der Waals surface area contributed by atoms with Crippen molar-refractivity contribution in [3.8, 4) is 0 Å². The van der Waals surface area contributed by atoms with E-state index < -0.39 is 0 Å². The third kappa shape index (κ3) is 2.72. The van der Waals surface area contributed by atoms with Crippen molar-refractivity contribution in [3.05, 3.63) is 0 Å². The largest absolute Gasteiger partial charge is 0.378 e. The molecule has 114 valence electrons. The van der Waals surface area contributed by atoms with Crippen LogP contribution >= 0.6 is 11.8 Å². The molecule has 3 aliphatic rings. The van der Waals surface area contributed by atoms with E-state index in [1.54, 1.807) is 0 Å². The van der Waals surface area contributed by atoms with E-state index in [4.69, 9.17) is 4.74 Å². The molecule has 2 saturated carbocycles. The molecule has 1 spiro atoms. The smallest absolute Gasteiger partial charge is 0.221 e. The van der Waals surface area contributed by atoms with Gasteiger partial charge in [-0.2, -0.15) is 11.8 Å². The maximum absolute atomic E-state index is 12.2. The lowest BCUT2D eigenvalue weighted by Gasteiger charge is -2.61. The molecule has 1 aliphatic heterocycles. The van der Waals surface area contributed by atoms with Gasteiger partial charge < -0.3 is 15.4 Å². The van der Waals surface area contributed by atoms with Crippen LogP contribution in [0.1, 0.15) is 39.0 Å². The van der Waals surface area contributed by atoms with Gasteiger partial charge in [0, 0.05) is 48.6 Å². The average Bonchev–Trinajstić information content (AvgIpc) is 2.36. The zero-order valence-electron chi connectivity index (χ0n) is 12.3. The van der Waals surface area contributed by atoms with Gasteiger partial charge in [-0.05, 0) is 26.2 Å². The molecule has 20 heavy (non-hydrogen) atoms. The van der Waals surface area contributed by atoms with E-state index in [0.717, 1.165) is 25.3 Å². The fourth-order valence-corrected chi connectivity index (χ4v) is 4.82. The highest BCUT2D eigenvalue weighted by molar-refractivity contribution is 7.99. The Morgan fingerprint density at radius 2 is 2.35 bits per heavy atom. The van der Waals surface area contributed by atoms with Gasteiger partial charge in [-0.15, -0.1) is 0 Å². The Bertz CT molecular complexity index is 354. The Balaban J connectivity index is 1.47. The lowest BCUT2D eigenvalue weighted by molar-refractivity contribution is -0.175. The number of thioether (sulfide) groups is 1. The first-order valence-corrected chi connectivity index (χ1v) is 9.12. The summed E-state index contributed by atoms with van der Waals surface area (Å²) in [4.78, 5) is 12.2. The molecular weight excluding hydrogens is 272 g/mol. The number of carbonyl (C=O) groups excluding carboxylic acids is 1. The summed E-state index contributed by atoms with van der Waals surface area (Å²) in [7, 11) is 0. The molecule has 2 aliphatic carbocycles. The van der Waals surface area contributed by atoms with Crippen LogP contribution in [0.2, 0.25) is 0 Å². The predicted molar refractivity (Wildman–Crippen MR) is 82.0 cm³/mol. The summed E-state index contributed by atoms with van der Waals surface area (Å²) in [6.07, 6.45) is 5.75. The minimum atomic E-state index is 0.219. The normalized spacial score (nSPS) is 35.1. The van der Waals surface area contributed by atoms with Crippen LogP contribution in [0.3, 0.4) is 0 Å². The van der Waals surface area contributed by atoms with E-state index in [9.17, 15) is 4.79 Å². The van der Waals surface area contributed by atoms with Crippen molar-refractivity contribution in [3.63, 3.8) is 0 Å². The Labute approximate surface area is 125 Å². The Morgan fingerprint density at radius 3 is 2.95 bits per heavy atom. The van der Waals surface area contributed by atoms with Crippen molar-refractivity contribution >= 4 is 17.7 Å². The number of hydrogen-bond acceptors (Lipinski definition) is 4. The number of amides is 1. The summed E-state index contributed by atoms with van der Waals surface area (Å²) < 4.78 is 5.83. The quantitative estimate of drug-likeness (QED) is 0.808. The summed E-state index contributed by atoms with van der Waals surface area (Å²) in [5, 5.41) is 6.71. The number of rotatable bonds is 5. The summed E-state index contributed by atoms with van der Waals surface area (Å²) in [5.41, 5.74) is 0.278. The second kappa shape index (κ2) is 6.24. The average molecular weight is 298 g/mol. The standard InChI is InChI=1S/C15H26N2O2S/c1-2-19-13-9-12(15(13)4-3-5-15)17-14(18)8-11-10-20-7-6-16-11/h11-13,16H,2-10H2,1H3,(H,17,18). The molecule has 0 aromatic rings. The molecular formula is C15H26N2O2S. The lowest BCUT2D eigenvalue weighted by atomic mass is 9.51. The van der Waals surface area contributed by atoms with E-state index in [1.807, 2.05) is 11.8 Å². The van der Waals surface area contributed by atoms with Gasteiger partial charge in [0.25, 0.3) is 0 Å². The maximum atomic E-state index is 12.2. The van der Waals surface area contributed by atoms with Crippen LogP contribution in [0, 0.1) is 5.41 Å². The Hall–Kier alpha value is -0.260. The zero-order valence-corrected chi connectivity index (χ0v) is 13.1. The number of carbonyl (C=O) groups is 1. The minimum absolute atomic E-state index is 0.219. The highest BCUT2D eigenvalue weighted by atomic mass is 32.2. The molecule has 1 heterocycles. The molecule has 1 amide bonds. The van der Waals surface area contributed by atoms with E-state index in [2.05, 4.69) is 17.6 Å². The molecule has 2 N–H and O–H groups in total. The van der Waals surface area contributed by atoms with Crippen molar-refractivity contribution in [2.24, 2.45) is 5.41 Å². The molecule has 0 radical (unpaired) electrons. The van der Waals surface area contributed by atoms with Crippen LogP contribution in [0.4, 0.5) is 0 Å². The zero-order chi connectivity index (χ0) is 14.0. The van der Waals surface area contributed by atoms with Crippen LogP contribution in [0.5, 0.6) is 0 Å². The molecule has 3 rings (SSSR count). The number of nitrogens with one attached hydrogen (secondary N) is 2. The van der Waals surface area contributed by atoms with Gasteiger partial charge in [-0.25, -0.2) is 0 Å². The van der Waals surface area contributed by atoms with Gasteiger partial charge in [0.15, 0.2) is 0 Å². The maximum Gasteiger partial charge on any atom is 0.221 e. The van der Waals surface area contributed by atoms with Gasteiger partial charge in [0.05, 0.1) is 6.10 Å². The summed E-state index contributed by atoms with van der Waals surface area (Å²) in [5.74, 6) is 2.45. The molecule has 0 aromatic heterocycles. The molecule has 5 heteroatoms. The van der Waals surface area contributed by atoms with Gasteiger partial charge in [0.1, 0.15) is 0 Å². The predicted octanol–water partition coefficient (Wildman–Crippen LogP) is 1.55. The van der Waals surface area contributed by atoms with Crippen LogP contribution in [0.25, 0.3) is 0 Å². The monoisotopic (exact) mass is 298 g/mol. The first-order chi connectivity index (χ1) is 9.74. The first-order valence-electron chi connectivity index (χ1n) is 7.96. The number of hydrogen-bond donors (Lipinski definition) is 2. The minimum Gasteiger partial charge on any atom is -0.378 e. The van der Waals surface area contributed by atoms with Gasteiger partial charge in [-0.3, -0.25) is 4.79 Å². The Kier molecular flexibility index (Phi) is 4.58. The molecule has 0 bridgehead atoms. The SMILES string of the molecule is CCOC1CC(NC(=O)CC2CSCCN2)C12CCC2.